The van der Waals surface area contributed by atoms with Crippen molar-refractivity contribution in [2.45, 2.75) is 52.5 Å². The molecule has 0 atom stereocenters. The van der Waals surface area contributed by atoms with Crippen LogP contribution in [-0.4, -0.2) is 19.6 Å². The van der Waals surface area contributed by atoms with E-state index in [0.29, 0.717) is 24.8 Å². The second kappa shape index (κ2) is 13.0. The Morgan fingerprint density at radius 2 is 1.44 bits per heavy atom. The van der Waals surface area contributed by atoms with Crippen molar-refractivity contribution in [3.63, 3.8) is 0 Å². The van der Waals surface area contributed by atoms with Crippen molar-refractivity contribution in [2.75, 3.05) is 23.9 Å². The smallest absolute Gasteiger partial charge is 0.226 e. The molecule has 3 aromatic carbocycles. The van der Waals surface area contributed by atoms with Gasteiger partial charge in [0.05, 0.1) is 7.11 Å². The van der Waals surface area contributed by atoms with Crippen molar-refractivity contribution in [1.29, 1.82) is 0 Å². The van der Waals surface area contributed by atoms with Crippen molar-refractivity contribution in [2.24, 2.45) is 0 Å². The number of halogens is 1. The lowest BCUT2D eigenvalue weighted by Crippen LogP contribution is -2.28. The van der Waals surface area contributed by atoms with Crippen LogP contribution in [0, 0.1) is 0 Å². The molecule has 0 heterocycles. The van der Waals surface area contributed by atoms with Crippen LogP contribution in [0.3, 0.4) is 0 Å². The Labute approximate surface area is 210 Å². The Balaban J connectivity index is 0.00000408. The number of hydrogen-bond donors (Lipinski definition) is 1. The lowest BCUT2D eigenvalue weighted by molar-refractivity contribution is -0.116. The van der Waals surface area contributed by atoms with E-state index in [0.717, 1.165) is 23.7 Å². The maximum absolute atomic E-state index is 13.1. The van der Waals surface area contributed by atoms with E-state index in [-0.39, 0.29) is 18.3 Å². The van der Waals surface area contributed by atoms with E-state index in [1.165, 1.54) is 16.7 Å². The van der Waals surface area contributed by atoms with Gasteiger partial charge in [-0.3, -0.25) is 4.79 Å². The van der Waals surface area contributed by atoms with Gasteiger partial charge in [0.15, 0.2) is 0 Å². The van der Waals surface area contributed by atoms with E-state index < -0.39 is 0 Å². The van der Waals surface area contributed by atoms with E-state index in [1.807, 2.05) is 30.3 Å². The van der Waals surface area contributed by atoms with Gasteiger partial charge < -0.3 is 15.0 Å². The summed E-state index contributed by atoms with van der Waals surface area (Å²) in [6.07, 6.45) is 0.412. The minimum absolute atomic E-state index is 0. The molecule has 0 radical (unpaired) electrons. The lowest BCUT2D eigenvalue weighted by Gasteiger charge is -2.25. The summed E-state index contributed by atoms with van der Waals surface area (Å²) in [7, 11) is 1.67. The highest BCUT2D eigenvalue weighted by Gasteiger charge is 2.17. The van der Waals surface area contributed by atoms with Gasteiger partial charge >= 0.3 is 0 Å². The van der Waals surface area contributed by atoms with Gasteiger partial charge in [-0.25, -0.2) is 0 Å². The van der Waals surface area contributed by atoms with E-state index in [2.05, 4.69) is 80.4 Å². The number of anilines is 2. The van der Waals surface area contributed by atoms with E-state index in [9.17, 15) is 4.79 Å². The van der Waals surface area contributed by atoms with Crippen LogP contribution in [0.2, 0.25) is 0 Å². The molecular weight excluding hydrogens is 444 g/mol. The Kier molecular flexibility index (Phi) is 10.5. The van der Waals surface area contributed by atoms with Gasteiger partial charge in [0.25, 0.3) is 0 Å². The number of carbonyl (C=O) groups is 1. The predicted molar refractivity (Wildman–Crippen MR) is 146 cm³/mol. The van der Waals surface area contributed by atoms with Gasteiger partial charge in [-0.2, -0.15) is 0 Å². The van der Waals surface area contributed by atoms with Gasteiger partial charge in [0.2, 0.25) is 5.91 Å². The first-order chi connectivity index (χ1) is 15.9. The molecule has 1 amide bonds. The Morgan fingerprint density at radius 3 is 1.97 bits per heavy atom. The highest BCUT2D eigenvalue weighted by Crippen LogP contribution is 2.32. The topological polar surface area (TPSA) is 41.6 Å². The summed E-state index contributed by atoms with van der Waals surface area (Å²) in [5.41, 5.74) is 5.63. The molecule has 182 valence electrons. The van der Waals surface area contributed by atoms with Crippen LogP contribution < -0.4 is 15.0 Å². The van der Waals surface area contributed by atoms with E-state index in [4.69, 9.17) is 4.74 Å². The van der Waals surface area contributed by atoms with E-state index in [1.54, 1.807) is 7.11 Å². The quantitative estimate of drug-likeness (QED) is 0.328. The van der Waals surface area contributed by atoms with Crippen molar-refractivity contribution < 1.29 is 9.53 Å². The predicted octanol–water partition coefficient (Wildman–Crippen LogP) is 7.40. The maximum atomic E-state index is 13.1. The van der Waals surface area contributed by atoms with Crippen LogP contribution in [0.5, 0.6) is 5.75 Å². The first kappa shape index (κ1) is 27.3. The monoisotopic (exact) mass is 480 g/mol. The average molecular weight is 481 g/mol. The molecule has 3 rings (SSSR count). The second-order valence-corrected chi connectivity index (χ2v) is 9.02. The molecule has 0 saturated heterocycles. The molecule has 5 heteroatoms. The molecule has 4 nitrogen and oxygen atoms in total. The maximum Gasteiger partial charge on any atom is 0.226 e. The number of amides is 1. The van der Waals surface area contributed by atoms with Crippen LogP contribution in [0.4, 0.5) is 11.4 Å². The summed E-state index contributed by atoms with van der Waals surface area (Å²) in [6, 6.07) is 24.7. The van der Waals surface area contributed by atoms with Crippen LogP contribution in [-0.2, 0) is 11.3 Å². The standard InChI is InChI=1S/C29H36N2O2.ClH/c1-21(2)26-12-9-13-27(22(3)4)29(26)30-28(32)18-19-31(24-10-7-6-8-11-24)20-23-14-16-25(33-5)17-15-23;/h6-17,21-22H,18-20H2,1-5H3,(H,30,32);1H. The first-order valence-corrected chi connectivity index (χ1v) is 11.7. The minimum atomic E-state index is 0. The van der Waals surface area contributed by atoms with Crippen LogP contribution in [0.25, 0.3) is 0 Å². The Morgan fingerprint density at radius 1 is 0.853 bits per heavy atom. The Hall–Kier alpha value is -2.98. The molecule has 0 fully saturated rings. The molecule has 0 unspecified atom stereocenters. The highest BCUT2D eigenvalue weighted by atomic mass is 35.5. The molecule has 0 aliphatic rings. The van der Waals surface area contributed by atoms with Crippen LogP contribution in [0.15, 0.2) is 72.8 Å². The van der Waals surface area contributed by atoms with Gasteiger partial charge in [-0.05, 0) is 52.8 Å². The molecule has 0 aromatic heterocycles. The fourth-order valence-electron chi connectivity index (χ4n) is 4.02. The third-order valence-corrected chi connectivity index (χ3v) is 5.90. The van der Waals surface area contributed by atoms with Gasteiger partial charge in [-0.15, -0.1) is 12.4 Å². The minimum Gasteiger partial charge on any atom is -0.497 e. The number of nitrogens with zero attached hydrogens (tertiary/aromatic N) is 1. The zero-order valence-corrected chi connectivity index (χ0v) is 21.7. The van der Waals surface area contributed by atoms with E-state index >= 15 is 0 Å². The molecule has 0 saturated carbocycles. The van der Waals surface area contributed by atoms with Gasteiger partial charge in [0.1, 0.15) is 5.75 Å². The fourth-order valence-corrected chi connectivity index (χ4v) is 4.02. The summed E-state index contributed by atoms with van der Waals surface area (Å²) in [5, 5.41) is 3.25. The Bertz CT molecular complexity index is 1010. The van der Waals surface area contributed by atoms with Crippen molar-refractivity contribution >= 4 is 29.7 Å². The zero-order valence-electron chi connectivity index (χ0n) is 20.9. The molecule has 0 spiro atoms. The lowest BCUT2D eigenvalue weighted by atomic mass is 9.92. The van der Waals surface area contributed by atoms with Crippen molar-refractivity contribution in [3.8, 4) is 5.75 Å². The number of ether oxygens (including phenoxy) is 1. The number of benzene rings is 3. The fraction of sp³-hybridized carbons (Fsp3) is 0.345. The largest absolute Gasteiger partial charge is 0.497 e. The zero-order chi connectivity index (χ0) is 23.8. The molecule has 1 N–H and O–H groups in total. The summed E-state index contributed by atoms with van der Waals surface area (Å²) >= 11 is 0. The summed E-state index contributed by atoms with van der Waals surface area (Å²) < 4.78 is 5.28. The third-order valence-electron chi connectivity index (χ3n) is 5.90. The molecule has 0 bridgehead atoms. The number of carbonyl (C=O) groups excluding carboxylic acids is 1. The van der Waals surface area contributed by atoms with Crippen LogP contribution in [0.1, 0.15) is 62.6 Å². The third kappa shape index (κ3) is 7.26. The second-order valence-electron chi connectivity index (χ2n) is 9.02. The molecule has 34 heavy (non-hydrogen) atoms. The summed E-state index contributed by atoms with van der Waals surface area (Å²) in [5.74, 6) is 1.57. The number of hydrogen-bond acceptors (Lipinski definition) is 3. The van der Waals surface area contributed by atoms with Crippen molar-refractivity contribution in [3.05, 3.63) is 89.5 Å². The number of methoxy groups -OCH3 is 1. The SMILES string of the molecule is COc1ccc(CN(CCC(=O)Nc2c(C(C)C)cccc2C(C)C)c2ccccc2)cc1.Cl. The van der Waals surface area contributed by atoms with Gasteiger partial charge in [-0.1, -0.05) is 76.2 Å². The summed E-state index contributed by atoms with van der Waals surface area (Å²) in [4.78, 5) is 15.3. The molecular formula is C29H37ClN2O2. The molecule has 0 aliphatic heterocycles. The molecule has 3 aromatic rings. The number of rotatable bonds is 10. The van der Waals surface area contributed by atoms with Crippen molar-refractivity contribution in [1.82, 2.24) is 0 Å². The number of nitrogens with one attached hydrogen (secondary N) is 1. The first-order valence-electron chi connectivity index (χ1n) is 11.7. The number of para-hydroxylation sites is 2. The average Bonchev–Trinajstić information content (AvgIpc) is 2.82. The molecule has 0 aliphatic carbocycles. The summed E-state index contributed by atoms with van der Waals surface area (Å²) in [6.45, 7) is 10.0. The van der Waals surface area contributed by atoms with Gasteiger partial charge in [0, 0.05) is 30.9 Å². The van der Waals surface area contributed by atoms with Crippen LogP contribution >= 0.6 is 12.4 Å². The highest BCUT2D eigenvalue weighted by molar-refractivity contribution is 5.93. The normalized spacial score (nSPS) is 10.7.